The topological polar surface area (TPSA) is 57.2 Å². The number of benzene rings is 2. The lowest BCUT2D eigenvalue weighted by Crippen LogP contribution is -2.04. The Kier molecular flexibility index (Phi) is 9.39. The van der Waals surface area contributed by atoms with Gasteiger partial charge < -0.3 is 24.1 Å². The Morgan fingerprint density at radius 3 is 1.83 bits per heavy atom. The normalized spacial score (nSPS) is 12.1. The molecule has 2 aromatic carbocycles. The molecule has 1 atom stereocenters. The Morgan fingerprint density at radius 1 is 0.724 bits per heavy atom. The molecular weight excluding hydrogens is 368 g/mol. The molecule has 0 aromatic heterocycles. The lowest BCUT2D eigenvalue weighted by Gasteiger charge is -2.21. The molecule has 0 saturated heterocycles. The van der Waals surface area contributed by atoms with Crippen LogP contribution in [0.25, 0.3) is 10.8 Å². The zero-order chi connectivity index (χ0) is 21.2. The second kappa shape index (κ2) is 11.8. The molecule has 0 aliphatic rings. The number of unbranched alkanes of at least 4 members (excludes halogenated alkanes) is 6. The summed E-state index contributed by atoms with van der Waals surface area (Å²) < 4.78 is 22.5. The first-order valence-electron chi connectivity index (χ1n) is 10.6. The first-order chi connectivity index (χ1) is 14.1. The van der Waals surface area contributed by atoms with E-state index in [-0.39, 0.29) is 0 Å². The van der Waals surface area contributed by atoms with Gasteiger partial charge in [0, 0.05) is 5.56 Å². The fraction of sp³-hybridized carbons (Fsp3) is 0.583. The van der Waals surface area contributed by atoms with Crippen LogP contribution in [0.5, 0.6) is 23.0 Å². The van der Waals surface area contributed by atoms with Gasteiger partial charge in [0.15, 0.2) is 0 Å². The highest BCUT2D eigenvalue weighted by Gasteiger charge is 2.24. The highest BCUT2D eigenvalue weighted by atomic mass is 16.5. The summed E-state index contributed by atoms with van der Waals surface area (Å²) in [6, 6.07) is 5.54. The molecule has 2 aromatic rings. The van der Waals surface area contributed by atoms with E-state index in [2.05, 4.69) is 6.92 Å². The summed E-state index contributed by atoms with van der Waals surface area (Å²) in [5.41, 5.74) is 0.717. The quantitative estimate of drug-likeness (QED) is 0.412. The Balaban J connectivity index is 2.31. The highest BCUT2D eigenvalue weighted by molar-refractivity contribution is 6.03. The van der Waals surface area contributed by atoms with Gasteiger partial charge in [-0.05, 0) is 24.6 Å². The van der Waals surface area contributed by atoms with Gasteiger partial charge in [-0.15, -0.1) is 0 Å². The first-order valence-corrected chi connectivity index (χ1v) is 10.6. The molecule has 0 aliphatic heterocycles. The van der Waals surface area contributed by atoms with Crippen molar-refractivity contribution in [1.82, 2.24) is 0 Å². The number of rotatable bonds is 13. The van der Waals surface area contributed by atoms with Crippen LogP contribution in [0.1, 0.15) is 70.0 Å². The van der Waals surface area contributed by atoms with Crippen LogP contribution in [-0.4, -0.2) is 33.5 Å². The summed E-state index contributed by atoms with van der Waals surface area (Å²) in [7, 11) is 6.47. The summed E-state index contributed by atoms with van der Waals surface area (Å²) in [4.78, 5) is 0. The molecular formula is C24H36O5. The highest BCUT2D eigenvalue weighted by Crippen LogP contribution is 2.48. The van der Waals surface area contributed by atoms with Crippen molar-refractivity contribution in [3.8, 4) is 23.0 Å². The lowest BCUT2D eigenvalue weighted by atomic mass is 9.96. The van der Waals surface area contributed by atoms with Crippen LogP contribution in [0.4, 0.5) is 0 Å². The fourth-order valence-corrected chi connectivity index (χ4v) is 3.88. The Bertz CT molecular complexity index is 772. The number of aliphatic hydroxyl groups is 1. The van der Waals surface area contributed by atoms with Crippen molar-refractivity contribution in [1.29, 1.82) is 0 Å². The predicted molar refractivity (Wildman–Crippen MR) is 118 cm³/mol. The molecule has 0 amide bonds. The summed E-state index contributed by atoms with van der Waals surface area (Å²) in [6.07, 6.45) is 8.52. The lowest BCUT2D eigenvalue weighted by molar-refractivity contribution is 0.159. The van der Waals surface area contributed by atoms with E-state index in [9.17, 15) is 5.11 Å². The van der Waals surface area contributed by atoms with Gasteiger partial charge in [-0.25, -0.2) is 0 Å². The molecule has 5 heteroatoms. The Hall–Kier alpha value is -2.14. The molecule has 1 unspecified atom stereocenters. The van der Waals surface area contributed by atoms with Crippen molar-refractivity contribution < 1.29 is 24.1 Å². The molecule has 1 N–H and O–H groups in total. The molecule has 2 rings (SSSR count). The van der Waals surface area contributed by atoms with Crippen LogP contribution in [0, 0.1) is 0 Å². The minimum Gasteiger partial charge on any atom is -0.496 e. The number of ether oxygens (including phenoxy) is 4. The van der Waals surface area contributed by atoms with Crippen molar-refractivity contribution in [2.75, 3.05) is 28.4 Å². The van der Waals surface area contributed by atoms with Gasteiger partial charge in [0.25, 0.3) is 0 Å². The molecule has 0 radical (unpaired) electrons. The van der Waals surface area contributed by atoms with Gasteiger partial charge in [-0.3, -0.25) is 0 Å². The largest absolute Gasteiger partial charge is 0.496 e. The molecule has 0 fully saturated rings. The number of methoxy groups -OCH3 is 4. The summed E-state index contributed by atoms with van der Waals surface area (Å²) >= 11 is 0. The van der Waals surface area contributed by atoms with Crippen LogP contribution in [0.15, 0.2) is 18.2 Å². The molecule has 162 valence electrons. The average molecular weight is 405 g/mol. The monoisotopic (exact) mass is 404 g/mol. The van der Waals surface area contributed by atoms with Crippen LogP contribution < -0.4 is 18.9 Å². The van der Waals surface area contributed by atoms with Gasteiger partial charge in [-0.1, -0.05) is 51.9 Å². The van der Waals surface area contributed by atoms with E-state index in [0.717, 1.165) is 29.2 Å². The third kappa shape index (κ3) is 5.47. The van der Waals surface area contributed by atoms with Crippen LogP contribution in [-0.2, 0) is 0 Å². The van der Waals surface area contributed by atoms with Crippen LogP contribution in [0.3, 0.4) is 0 Å². The summed E-state index contributed by atoms with van der Waals surface area (Å²) in [6.45, 7) is 2.23. The number of fused-ring (bicyclic) bond motifs is 1. The standard InChI is InChI=1S/C24H36O5/c1-6-7-8-9-10-11-12-13-18(25)17-16-21(28-4)22-19(26-2)14-15-20(27-3)23(22)24(17)29-5/h14-16,18,25H,6-13H2,1-5H3. The average Bonchev–Trinajstić information content (AvgIpc) is 2.76. The van der Waals surface area contributed by atoms with Gasteiger partial charge in [-0.2, -0.15) is 0 Å². The molecule has 0 aliphatic carbocycles. The molecule has 0 heterocycles. The minimum absolute atomic E-state index is 0.604. The maximum absolute atomic E-state index is 10.9. The van der Waals surface area contributed by atoms with Gasteiger partial charge >= 0.3 is 0 Å². The third-order valence-corrected chi connectivity index (χ3v) is 5.46. The van der Waals surface area contributed by atoms with Crippen molar-refractivity contribution >= 4 is 10.8 Å². The van der Waals surface area contributed by atoms with E-state index in [1.54, 1.807) is 28.4 Å². The number of hydrogen-bond donors (Lipinski definition) is 1. The summed E-state index contributed by atoms with van der Waals surface area (Å²) in [5, 5.41) is 12.5. The molecule has 29 heavy (non-hydrogen) atoms. The van der Waals surface area contributed by atoms with E-state index < -0.39 is 6.10 Å². The fourth-order valence-electron chi connectivity index (χ4n) is 3.88. The van der Waals surface area contributed by atoms with Crippen molar-refractivity contribution in [3.05, 3.63) is 23.8 Å². The van der Waals surface area contributed by atoms with E-state index in [0.29, 0.717) is 29.4 Å². The zero-order valence-electron chi connectivity index (χ0n) is 18.5. The number of aliphatic hydroxyl groups excluding tert-OH is 1. The number of hydrogen-bond acceptors (Lipinski definition) is 5. The van der Waals surface area contributed by atoms with Crippen LogP contribution in [0.2, 0.25) is 0 Å². The van der Waals surface area contributed by atoms with E-state index in [4.69, 9.17) is 18.9 Å². The molecule has 0 saturated carbocycles. The predicted octanol–water partition coefficient (Wildman–Crippen LogP) is 6.05. The van der Waals surface area contributed by atoms with Crippen molar-refractivity contribution in [2.45, 2.75) is 64.4 Å². The SMILES string of the molecule is CCCCCCCCCC(O)c1cc(OC)c2c(OC)ccc(OC)c2c1OC. The Labute approximate surface area is 174 Å². The molecule has 0 bridgehead atoms. The maximum atomic E-state index is 10.9. The zero-order valence-corrected chi connectivity index (χ0v) is 18.5. The van der Waals surface area contributed by atoms with Gasteiger partial charge in [0.2, 0.25) is 0 Å². The molecule has 5 nitrogen and oxygen atoms in total. The van der Waals surface area contributed by atoms with Crippen molar-refractivity contribution in [3.63, 3.8) is 0 Å². The van der Waals surface area contributed by atoms with Gasteiger partial charge in [0.1, 0.15) is 23.0 Å². The van der Waals surface area contributed by atoms with Crippen LogP contribution >= 0.6 is 0 Å². The minimum atomic E-state index is -0.630. The second-order valence-electron chi connectivity index (χ2n) is 7.35. The van der Waals surface area contributed by atoms with E-state index in [1.807, 2.05) is 18.2 Å². The van der Waals surface area contributed by atoms with E-state index in [1.165, 1.54) is 32.1 Å². The second-order valence-corrected chi connectivity index (χ2v) is 7.35. The first kappa shape index (κ1) is 23.1. The van der Waals surface area contributed by atoms with E-state index >= 15 is 0 Å². The van der Waals surface area contributed by atoms with Gasteiger partial charge in [0.05, 0.1) is 45.3 Å². The Morgan fingerprint density at radius 2 is 1.28 bits per heavy atom. The third-order valence-electron chi connectivity index (χ3n) is 5.46. The molecule has 0 spiro atoms. The maximum Gasteiger partial charge on any atom is 0.136 e. The summed E-state index contributed by atoms with van der Waals surface area (Å²) in [5.74, 6) is 2.56. The van der Waals surface area contributed by atoms with Crippen molar-refractivity contribution in [2.24, 2.45) is 0 Å². The smallest absolute Gasteiger partial charge is 0.136 e.